The summed E-state index contributed by atoms with van der Waals surface area (Å²) < 4.78 is 32.9. The summed E-state index contributed by atoms with van der Waals surface area (Å²) >= 11 is 0. The highest BCUT2D eigenvalue weighted by molar-refractivity contribution is 6.08. The van der Waals surface area contributed by atoms with Crippen LogP contribution >= 0.6 is 0 Å². The van der Waals surface area contributed by atoms with Crippen molar-refractivity contribution in [2.45, 2.75) is 13.3 Å². The number of nitrogens with one attached hydrogen (secondary N) is 1. The van der Waals surface area contributed by atoms with Crippen LogP contribution in [0.15, 0.2) is 11.2 Å². The second-order valence-corrected chi connectivity index (χ2v) is 5.79. The van der Waals surface area contributed by atoms with E-state index in [1.54, 1.807) is 0 Å². The van der Waals surface area contributed by atoms with Crippen molar-refractivity contribution in [2.24, 2.45) is 11.1 Å². The first-order valence-electron chi connectivity index (χ1n) is 7.70. The number of methoxy groups -OCH3 is 1. The zero-order valence-electron chi connectivity index (χ0n) is 14.4. The number of hydrogen-bond acceptors (Lipinski definition) is 7. The summed E-state index contributed by atoms with van der Waals surface area (Å²) in [6.45, 7) is 1.28. The van der Waals surface area contributed by atoms with Gasteiger partial charge in [0.05, 0.1) is 29.1 Å². The molecule has 0 unspecified atom stereocenters. The van der Waals surface area contributed by atoms with E-state index in [9.17, 15) is 28.5 Å². The number of oxime groups is 1. The average molecular weight is 386 g/mol. The molecule has 146 valence electrons. The molecule has 1 atom stereocenters. The van der Waals surface area contributed by atoms with Gasteiger partial charge in [0.25, 0.3) is 0 Å². The van der Waals surface area contributed by atoms with Crippen LogP contribution in [0, 0.1) is 34.6 Å². The Hall–Kier alpha value is -3.31. The zero-order valence-corrected chi connectivity index (χ0v) is 14.4. The van der Waals surface area contributed by atoms with E-state index < -0.39 is 57.1 Å². The minimum Gasteiger partial charge on any atom is -0.453 e. The number of likely N-dealkylation sites (tertiary alicyclic amines) is 1. The molecule has 2 rings (SSSR count). The van der Waals surface area contributed by atoms with Crippen LogP contribution in [-0.2, 0) is 9.53 Å². The lowest BCUT2D eigenvalue weighted by molar-refractivity contribution is -0.388. The molecule has 0 aromatic heterocycles. The Morgan fingerprint density at radius 3 is 2.70 bits per heavy atom. The lowest BCUT2D eigenvalue weighted by Crippen LogP contribution is -2.38. The van der Waals surface area contributed by atoms with Crippen molar-refractivity contribution in [3.05, 3.63) is 38.9 Å². The molecule has 1 fully saturated rings. The molecule has 1 heterocycles. The number of nitro groups is 1. The van der Waals surface area contributed by atoms with Gasteiger partial charge in [-0.15, -0.1) is 0 Å². The van der Waals surface area contributed by atoms with Gasteiger partial charge in [0.1, 0.15) is 5.82 Å². The predicted molar refractivity (Wildman–Crippen MR) is 86.3 cm³/mol. The summed E-state index contributed by atoms with van der Waals surface area (Å²) in [7, 11) is 1.19. The number of hydrogen-bond donors (Lipinski definition) is 2. The molecule has 0 radical (unpaired) electrons. The molecule has 2 amide bonds. The third-order valence-electron chi connectivity index (χ3n) is 4.20. The number of carbonyl (C=O) groups is 2. The van der Waals surface area contributed by atoms with Crippen molar-refractivity contribution < 1.29 is 33.2 Å². The van der Waals surface area contributed by atoms with Crippen LogP contribution in [0.1, 0.15) is 17.5 Å². The van der Waals surface area contributed by atoms with E-state index in [1.165, 1.54) is 12.0 Å². The van der Waals surface area contributed by atoms with Gasteiger partial charge in [0, 0.05) is 13.1 Å². The molecular weight excluding hydrogens is 370 g/mol. The van der Waals surface area contributed by atoms with E-state index in [1.807, 2.05) is 0 Å². The van der Waals surface area contributed by atoms with Gasteiger partial charge in [-0.25, -0.2) is 9.18 Å². The van der Waals surface area contributed by atoms with Crippen molar-refractivity contribution in [1.82, 2.24) is 10.2 Å². The van der Waals surface area contributed by atoms with E-state index in [2.05, 4.69) is 15.2 Å². The molecule has 1 aromatic carbocycles. The Morgan fingerprint density at radius 2 is 2.15 bits per heavy atom. The molecule has 1 aliphatic heterocycles. The molecule has 0 bridgehead atoms. The monoisotopic (exact) mass is 386 g/mol. The van der Waals surface area contributed by atoms with Crippen LogP contribution < -0.4 is 5.32 Å². The number of amides is 2. The molecule has 12 heteroatoms. The first kappa shape index (κ1) is 20.0. The number of halogens is 2. The molecule has 2 N–H and O–H groups in total. The van der Waals surface area contributed by atoms with Crippen molar-refractivity contribution in [2.75, 3.05) is 20.2 Å². The summed E-state index contributed by atoms with van der Waals surface area (Å²) in [5, 5.41) is 24.9. The Morgan fingerprint density at radius 1 is 1.48 bits per heavy atom. The third kappa shape index (κ3) is 3.93. The topological polar surface area (TPSA) is 134 Å². The fourth-order valence-corrected chi connectivity index (χ4v) is 2.73. The van der Waals surface area contributed by atoms with Gasteiger partial charge in [-0.2, -0.15) is 4.39 Å². The van der Waals surface area contributed by atoms with Gasteiger partial charge in [-0.1, -0.05) is 5.16 Å². The number of amidine groups is 1. The lowest BCUT2D eigenvalue weighted by atomic mass is 10.1. The van der Waals surface area contributed by atoms with Crippen LogP contribution in [0.25, 0.3) is 0 Å². The van der Waals surface area contributed by atoms with Crippen molar-refractivity contribution >= 4 is 23.5 Å². The normalized spacial score (nSPS) is 17.0. The summed E-state index contributed by atoms with van der Waals surface area (Å²) in [4.78, 5) is 34.9. The summed E-state index contributed by atoms with van der Waals surface area (Å²) in [6.07, 6.45) is -0.353. The molecule has 27 heavy (non-hydrogen) atoms. The zero-order chi connectivity index (χ0) is 20.3. The summed E-state index contributed by atoms with van der Waals surface area (Å²) in [6, 6.07) is 0.586. The largest absolute Gasteiger partial charge is 0.453 e. The number of carbonyl (C=O) groups excluding carboxylic acids is 2. The number of ether oxygens (including phenoxy) is 1. The highest BCUT2D eigenvalue weighted by atomic mass is 19.1. The first-order valence-corrected chi connectivity index (χ1v) is 7.70. The molecule has 0 aliphatic carbocycles. The third-order valence-corrected chi connectivity index (χ3v) is 4.20. The van der Waals surface area contributed by atoms with E-state index in [4.69, 9.17) is 5.21 Å². The smallest absolute Gasteiger partial charge is 0.409 e. The van der Waals surface area contributed by atoms with Gasteiger partial charge < -0.3 is 20.2 Å². The number of rotatable bonds is 3. The molecule has 1 aliphatic rings. The second-order valence-electron chi connectivity index (χ2n) is 5.79. The lowest BCUT2D eigenvalue weighted by Gasteiger charge is -2.15. The van der Waals surface area contributed by atoms with Gasteiger partial charge >= 0.3 is 11.8 Å². The van der Waals surface area contributed by atoms with Gasteiger partial charge in [-0.3, -0.25) is 14.9 Å². The molecule has 1 aromatic rings. The SMILES string of the molecule is COC(=O)N1CC[C@H](C(=O)N/C(=N\O)c2cc(F)c(C)c([N+](=O)[O-])c2F)C1. The van der Waals surface area contributed by atoms with E-state index in [0.29, 0.717) is 6.07 Å². The van der Waals surface area contributed by atoms with E-state index in [-0.39, 0.29) is 19.5 Å². The van der Waals surface area contributed by atoms with Crippen LogP contribution in [0.2, 0.25) is 0 Å². The quantitative estimate of drug-likeness (QED) is 0.266. The second kappa shape index (κ2) is 7.93. The fraction of sp³-hybridized carbons (Fsp3) is 0.400. The maximum atomic E-state index is 14.4. The van der Waals surface area contributed by atoms with Crippen LogP contribution in [0.4, 0.5) is 19.3 Å². The number of benzene rings is 1. The van der Waals surface area contributed by atoms with E-state index >= 15 is 0 Å². The van der Waals surface area contributed by atoms with E-state index in [0.717, 1.165) is 6.92 Å². The van der Waals surface area contributed by atoms with Crippen molar-refractivity contribution in [1.29, 1.82) is 0 Å². The fourth-order valence-electron chi connectivity index (χ4n) is 2.73. The van der Waals surface area contributed by atoms with Gasteiger partial charge in [0.2, 0.25) is 11.7 Å². The Bertz CT molecular complexity index is 829. The highest BCUT2D eigenvalue weighted by Gasteiger charge is 2.33. The summed E-state index contributed by atoms with van der Waals surface area (Å²) in [5.74, 6) is -4.77. The van der Waals surface area contributed by atoms with Gasteiger partial charge in [0.15, 0.2) is 5.84 Å². The minimum absolute atomic E-state index is 0.0160. The number of nitro benzene ring substituents is 1. The minimum atomic E-state index is -1.45. The van der Waals surface area contributed by atoms with Crippen LogP contribution in [0.5, 0.6) is 0 Å². The molecule has 0 saturated carbocycles. The first-order chi connectivity index (χ1) is 12.7. The molecule has 1 saturated heterocycles. The Kier molecular flexibility index (Phi) is 5.88. The molecule has 10 nitrogen and oxygen atoms in total. The Balaban J connectivity index is 2.25. The van der Waals surface area contributed by atoms with Crippen LogP contribution in [0.3, 0.4) is 0 Å². The van der Waals surface area contributed by atoms with Crippen LogP contribution in [-0.4, -0.2) is 53.1 Å². The average Bonchev–Trinajstić information content (AvgIpc) is 3.12. The Labute approximate surface area is 151 Å². The maximum absolute atomic E-state index is 14.4. The van der Waals surface area contributed by atoms with Crippen molar-refractivity contribution in [3.63, 3.8) is 0 Å². The standard InChI is InChI=1S/C15H16F2N4O6/c1-7-10(16)5-9(11(17)12(7)21(25)26)13(19-24)18-14(22)8-3-4-20(6-8)15(23)27-2/h5,8,24H,3-4,6H2,1-2H3,(H,18,19,22)/t8-/m0/s1. The molecular formula is C15H16F2N4O6. The molecule has 0 spiro atoms. The maximum Gasteiger partial charge on any atom is 0.409 e. The summed E-state index contributed by atoms with van der Waals surface area (Å²) in [5.41, 5.74) is -2.43. The van der Waals surface area contributed by atoms with Crippen molar-refractivity contribution in [3.8, 4) is 0 Å². The predicted octanol–water partition coefficient (Wildman–Crippen LogP) is 1.52. The number of nitrogens with zero attached hydrogens (tertiary/aromatic N) is 3. The highest BCUT2D eigenvalue weighted by Crippen LogP contribution is 2.28. The van der Waals surface area contributed by atoms with Gasteiger partial charge in [-0.05, 0) is 19.4 Å².